The van der Waals surface area contributed by atoms with Crippen molar-refractivity contribution in [3.05, 3.63) is 42.0 Å². The summed E-state index contributed by atoms with van der Waals surface area (Å²) in [7, 11) is -1.22. The van der Waals surface area contributed by atoms with Crippen molar-refractivity contribution in [1.82, 2.24) is 19.9 Å². The summed E-state index contributed by atoms with van der Waals surface area (Å²) in [6.45, 7) is 11.5. The van der Waals surface area contributed by atoms with E-state index in [1.807, 2.05) is 13.8 Å². The molecule has 3 aromatic rings. The molecule has 1 aromatic carbocycles. The Morgan fingerprint density at radius 3 is 2.75 bits per heavy atom. The van der Waals surface area contributed by atoms with E-state index in [0.717, 1.165) is 6.04 Å². The van der Waals surface area contributed by atoms with Crippen LogP contribution in [0, 0.1) is 5.82 Å². The van der Waals surface area contributed by atoms with Crippen LogP contribution in [0.1, 0.15) is 24.2 Å². The standard InChI is InChI=1S/C22H30FN5O3Si/c1-14(2)26-22(29)16-12-28(13-30-8-9-32(3,4)5)21-20(16)27-19(11-25-21)31-18-10-15(24)6-7-17(18)23/h6-7,10-12,14H,8-9,13,24H2,1-5H3,(H,26,29). The van der Waals surface area contributed by atoms with Crippen molar-refractivity contribution in [2.45, 2.75) is 52.3 Å². The number of nitrogens with one attached hydrogen (secondary N) is 1. The maximum Gasteiger partial charge on any atom is 0.255 e. The highest BCUT2D eigenvalue weighted by Gasteiger charge is 2.20. The number of benzene rings is 1. The Bertz CT molecular complexity index is 1110. The summed E-state index contributed by atoms with van der Waals surface area (Å²) in [6.07, 6.45) is 3.05. The predicted octanol–water partition coefficient (Wildman–Crippen LogP) is 4.40. The topological polar surface area (TPSA) is 104 Å². The van der Waals surface area contributed by atoms with Crippen LogP contribution in [0.2, 0.25) is 25.7 Å². The van der Waals surface area contributed by atoms with E-state index < -0.39 is 13.9 Å². The molecule has 172 valence electrons. The van der Waals surface area contributed by atoms with Gasteiger partial charge in [0, 0.05) is 38.7 Å². The quantitative estimate of drug-likeness (QED) is 0.279. The molecule has 0 saturated heterocycles. The fourth-order valence-corrected chi connectivity index (χ4v) is 3.70. The fraction of sp³-hybridized carbons (Fsp3) is 0.409. The molecule has 0 bridgehead atoms. The number of anilines is 1. The number of nitrogens with two attached hydrogens (primary N) is 1. The molecule has 32 heavy (non-hydrogen) atoms. The van der Waals surface area contributed by atoms with Crippen LogP contribution in [-0.2, 0) is 11.5 Å². The van der Waals surface area contributed by atoms with E-state index in [1.54, 1.807) is 10.8 Å². The van der Waals surface area contributed by atoms with Gasteiger partial charge < -0.3 is 25.1 Å². The second-order valence-electron chi connectivity index (χ2n) is 9.16. The molecule has 1 amide bonds. The minimum atomic E-state index is -1.22. The second kappa shape index (κ2) is 9.66. The number of hydrogen-bond acceptors (Lipinski definition) is 6. The summed E-state index contributed by atoms with van der Waals surface area (Å²) in [6, 6.07) is 5.00. The van der Waals surface area contributed by atoms with Crippen LogP contribution in [0.25, 0.3) is 11.2 Å². The van der Waals surface area contributed by atoms with E-state index in [1.165, 1.54) is 24.4 Å². The van der Waals surface area contributed by atoms with Crippen molar-refractivity contribution >= 4 is 30.8 Å². The van der Waals surface area contributed by atoms with Gasteiger partial charge in [0.1, 0.15) is 12.2 Å². The van der Waals surface area contributed by atoms with Crippen LogP contribution in [0.3, 0.4) is 0 Å². The number of nitrogens with zero attached hydrogens (tertiary/aromatic N) is 3. The van der Waals surface area contributed by atoms with Gasteiger partial charge in [-0.05, 0) is 32.0 Å². The van der Waals surface area contributed by atoms with Crippen LogP contribution < -0.4 is 15.8 Å². The lowest BCUT2D eigenvalue weighted by Crippen LogP contribution is -2.30. The second-order valence-corrected chi connectivity index (χ2v) is 14.8. The molecule has 0 aliphatic rings. The van der Waals surface area contributed by atoms with Gasteiger partial charge in [0.2, 0.25) is 5.88 Å². The molecule has 0 fully saturated rings. The third-order valence-corrected chi connectivity index (χ3v) is 6.31. The van der Waals surface area contributed by atoms with Crippen molar-refractivity contribution in [1.29, 1.82) is 0 Å². The Balaban J connectivity index is 1.92. The number of hydrogen-bond donors (Lipinski definition) is 2. The minimum absolute atomic E-state index is 0.0531. The van der Waals surface area contributed by atoms with Gasteiger partial charge in [-0.1, -0.05) is 19.6 Å². The molecule has 10 heteroatoms. The molecular formula is C22H30FN5O3Si. The molecule has 8 nitrogen and oxygen atoms in total. The SMILES string of the molecule is CC(C)NC(=O)c1cn(COCC[Si](C)(C)C)c2ncc(Oc3cc(N)ccc3F)nc12. The zero-order valence-corrected chi connectivity index (χ0v) is 20.1. The van der Waals surface area contributed by atoms with Crippen LogP contribution in [0.4, 0.5) is 10.1 Å². The number of ether oxygens (including phenoxy) is 2. The first-order valence-corrected chi connectivity index (χ1v) is 14.2. The number of carbonyl (C=O) groups is 1. The van der Waals surface area contributed by atoms with Crippen molar-refractivity contribution in [2.24, 2.45) is 0 Å². The summed E-state index contributed by atoms with van der Waals surface area (Å²) < 4.78 is 27.2. The molecule has 3 rings (SSSR count). The van der Waals surface area contributed by atoms with E-state index >= 15 is 0 Å². The van der Waals surface area contributed by atoms with E-state index in [4.69, 9.17) is 15.2 Å². The largest absolute Gasteiger partial charge is 0.434 e. The molecule has 2 aromatic heterocycles. The lowest BCUT2D eigenvalue weighted by atomic mass is 10.2. The maximum absolute atomic E-state index is 14.1. The highest BCUT2D eigenvalue weighted by molar-refractivity contribution is 6.76. The Hall–Kier alpha value is -2.98. The van der Waals surface area contributed by atoms with Crippen molar-refractivity contribution in [2.75, 3.05) is 12.3 Å². The third-order valence-electron chi connectivity index (χ3n) is 4.60. The van der Waals surface area contributed by atoms with Gasteiger partial charge in [-0.25, -0.2) is 14.4 Å². The van der Waals surface area contributed by atoms with Gasteiger partial charge in [0.15, 0.2) is 17.2 Å². The summed E-state index contributed by atoms with van der Waals surface area (Å²) in [5.74, 6) is -0.876. The molecule has 0 atom stereocenters. The summed E-state index contributed by atoms with van der Waals surface area (Å²) in [4.78, 5) is 21.6. The summed E-state index contributed by atoms with van der Waals surface area (Å²) in [5.41, 5.74) is 7.24. The van der Waals surface area contributed by atoms with Crippen molar-refractivity contribution in [3.63, 3.8) is 0 Å². The first kappa shape index (κ1) is 23.7. The van der Waals surface area contributed by atoms with Gasteiger partial charge in [0.05, 0.1) is 11.8 Å². The van der Waals surface area contributed by atoms with Gasteiger partial charge in [-0.2, -0.15) is 0 Å². The monoisotopic (exact) mass is 459 g/mol. The first-order chi connectivity index (χ1) is 15.0. The lowest BCUT2D eigenvalue weighted by Gasteiger charge is -2.15. The minimum Gasteiger partial charge on any atom is -0.434 e. The normalized spacial score (nSPS) is 11.8. The molecule has 0 aliphatic carbocycles. The molecule has 0 radical (unpaired) electrons. The molecule has 0 unspecified atom stereocenters. The van der Waals surface area contributed by atoms with Crippen LogP contribution in [0.15, 0.2) is 30.6 Å². The number of aromatic nitrogens is 3. The maximum atomic E-state index is 14.1. The molecule has 0 aliphatic heterocycles. The average molecular weight is 460 g/mol. The summed E-state index contributed by atoms with van der Waals surface area (Å²) in [5, 5.41) is 2.86. The number of fused-ring (bicyclic) bond motifs is 1. The lowest BCUT2D eigenvalue weighted by molar-refractivity contribution is 0.0890. The zero-order chi connectivity index (χ0) is 23.5. The Kier molecular flexibility index (Phi) is 7.14. The molecule has 3 N–H and O–H groups in total. The molecule has 0 spiro atoms. The number of amides is 1. The smallest absolute Gasteiger partial charge is 0.255 e. The first-order valence-electron chi connectivity index (χ1n) is 10.5. The third kappa shape index (κ3) is 6.04. The van der Waals surface area contributed by atoms with Gasteiger partial charge >= 0.3 is 0 Å². The number of carbonyl (C=O) groups excluding carboxylic acids is 1. The molecule has 2 heterocycles. The predicted molar refractivity (Wildman–Crippen MR) is 125 cm³/mol. The van der Waals surface area contributed by atoms with Crippen LogP contribution >= 0.6 is 0 Å². The van der Waals surface area contributed by atoms with Gasteiger partial charge in [-0.15, -0.1) is 0 Å². The number of rotatable bonds is 9. The van der Waals surface area contributed by atoms with E-state index in [0.29, 0.717) is 29.0 Å². The van der Waals surface area contributed by atoms with Crippen molar-refractivity contribution in [3.8, 4) is 11.6 Å². The molecule has 0 saturated carbocycles. The van der Waals surface area contributed by atoms with E-state index in [-0.39, 0.29) is 30.3 Å². The number of nitrogen functional groups attached to an aromatic ring is 1. The van der Waals surface area contributed by atoms with Gasteiger partial charge in [-0.3, -0.25) is 4.79 Å². The van der Waals surface area contributed by atoms with Crippen LogP contribution in [0.5, 0.6) is 11.6 Å². The van der Waals surface area contributed by atoms with Crippen molar-refractivity contribution < 1.29 is 18.7 Å². The Labute approximate surface area is 188 Å². The number of halogens is 1. The summed E-state index contributed by atoms with van der Waals surface area (Å²) >= 11 is 0. The molecular weight excluding hydrogens is 429 g/mol. The fourth-order valence-electron chi connectivity index (χ4n) is 2.94. The highest BCUT2D eigenvalue weighted by Crippen LogP contribution is 2.27. The van der Waals surface area contributed by atoms with E-state index in [9.17, 15) is 9.18 Å². The van der Waals surface area contributed by atoms with Gasteiger partial charge in [0.25, 0.3) is 5.91 Å². The highest BCUT2D eigenvalue weighted by atomic mass is 28.3. The van der Waals surface area contributed by atoms with Crippen LogP contribution in [-0.4, -0.2) is 41.2 Å². The average Bonchev–Trinajstić information content (AvgIpc) is 3.05. The van der Waals surface area contributed by atoms with E-state index in [2.05, 4.69) is 34.9 Å². The zero-order valence-electron chi connectivity index (χ0n) is 19.1. The Morgan fingerprint density at radius 1 is 1.31 bits per heavy atom. The Morgan fingerprint density at radius 2 is 2.06 bits per heavy atom.